The van der Waals surface area contributed by atoms with Gasteiger partial charge in [-0.1, -0.05) is 41.6 Å². The molecule has 0 atom stereocenters. The van der Waals surface area contributed by atoms with Gasteiger partial charge in [0.2, 0.25) is 5.82 Å². The van der Waals surface area contributed by atoms with Crippen LogP contribution in [-0.4, -0.2) is 15.1 Å². The molecule has 0 saturated carbocycles. The van der Waals surface area contributed by atoms with Crippen LogP contribution in [0.15, 0.2) is 77.6 Å². The van der Waals surface area contributed by atoms with E-state index in [0.717, 1.165) is 16.7 Å². The predicted octanol–water partition coefficient (Wildman–Crippen LogP) is 4.94. The summed E-state index contributed by atoms with van der Waals surface area (Å²) in [7, 11) is 0. The Kier molecular flexibility index (Phi) is 4.04. The largest absolute Gasteiger partial charge is 0.334 e. The zero-order chi connectivity index (χ0) is 17.1. The molecule has 2 heterocycles. The molecule has 2 aromatic carbocycles. The highest BCUT2D eigenvalue weighted by molar-refractivity contribution is 5.71. The van der Waals surface area contributed by atoms with Gasteiger partial charge in [0.15, 0.2) is 0 Å². The van der Waals surface area contributed by atoms with Crippen molar-refractivity contribution in [3.8, 4) is 34.0 Å². The third kappa shape index (κ3) is 3.04. The van der Waals surface area contributed by atoms with Gasteiger partial charge < -0.3 is 4.52 Å². The van der Waals surface area contributed by atoms with E-state index in [1.54, 1.807) is 30.6 Å². The van der Waals surface area contributed by atoms with Crippen LogP contribution in [0.1, 0.15) is 5.56 Å². The summed E-state index contributed by atoms with van der Waals surface area (Å²) in [5.74, 6) is 0.840. The molecule has 0 aliphatic heterocycles. The van der Waals surface area contributed by atoms with E-state index in [9.17, 15) is 4.39 Å². The quantitative estimate of drug-likeness (QED) is 0.532. The first-order chi connectivity index (χ1) is 12.3. The molecule has 0 saturated heterocycles. The number of halogens is 1. The molecule has 4 aromatic rings. The molecule has 0 N–H and O–H groups in total. The fourth-order valence-corrected chi connectivity index (χ4v) is 2.70. The standard InChI is InChI=1S/C20H14FN3O/c21-13-17-12-16(6-7-18(17)14-4-2-1-3-5-14)20-23-19(24-25-20)15-8-10-22-11-9-15/h1-12H,13H2. The van der Waals surface area contributed by atoms with Crippen molar-refractivity contribution in [1.82, 2.24) is 15.1 Å². The number of pyridine rings is 1. The van der Waals surface area contributed by atoms with Gasteiger partial charge >= 0.3 is 0 Å². The summed E-state index contributed by atoms with van der Waals surface area (Å²) in [5.41, 5.74) is 3.94. The number of hydrogen-bond acceptors (Lipinski definition) is 4. The maximum atomic E-state index is 13.6. The monoisotopic (exact) mass is 331 g/mol. The first-order valence-corrected chi connectivity index (χ1v) is 7.84. The Morgan fingerprint density at radius 1 is 0.840 bits per heavy atom. The van der Waals surface area contributed by atoms with E-state index in [1.165, 1.54) is 0 Å². The van der Waals surface area contributed by atoms with Gasteiger partial charge in [-0.2, -0.15) is 4.98 Å². The number of benzene rings is 2. The van der Waals surface area contributed by atoms with Crippen LogP contribution in [0.2, 0.25) is 0 Å². The highest BCUT2D eigenvalue weighted by Crippen LogP contribution is 2.29. The molecule has 4 nitrogen and oxygen atoms in total. The lowest BCUT2D eigenvalue weighted by Gasteiger charge is -2.08. The molecule has 0 unspecified atom stereocenters. The van der Waals surface area contributed by atoms with Gasteiger partial charge in [0.25, 0.3) is 5.89 Å². The molecule has 0 amide bonds. The zero-order valence-corrected chi connectivity index (χ0v) is 13.3. The minimum atomic E-state index is -0.566. The summed E-state index contributed by atoms with van der Waals surface area (Å²) < 4.78 is 18.9. The second-order valence-corrected chi connectivity index (χ2v) is 5.53. The van der Waals surface area contributed by atoms with E-state index in [1.807, 2.05) is 42.5 Å². The third-order valence-electron chi connectivity index (χ3n) is 3.95. The van der Waals surface area contributed by atoms with E-state index in [2.05, 4.69) is 15.1 Å². The zero-order valence-electron chi connectivity index (χ0n) is 13.3. The van der Waals surface area contributed by atoms with Crippen LogP contribution in [-0.2, 0) is 6.67 Å². The van der Waals surface area contributed by atoms with E-state index < -0.39 is 6.67 Å². The molecule has 0 aliphatic carbocycles. The Labute approximate surface area is 144 Å². The molecule has 122 valence electrons. The van der Waals surface area contributed by atoms with Gasteiger partial charge in [0, 0.05) is 23.5 Å². The van der Waals surface area contributed by atoms with Crippen LogP contribution in [0.5, 0.6) is 0 Å². The van der Waals surface area contributed by atoms with Crippen LogP contribution < -0.4 is 0 Å². The molecule has 0 fully saturated rings. The van der Waals surface area contributed by atoms with Crippen molar-refractivity contribution in [1.29, 1.82) is 0 Å². The van der Waals surface area contributed by atoms with Crippen molar-refractivity contribution in [2.75, 3.05) is 0 Å². The molecule has 0 radical (unpaired) electrons. The molecule has 0 bridgehead atoms. The molecule has 5 heteroatoms. The Morgan fingerprint density at radius 3 is 2.40 bits per heavy atom. The molecule has 0 aliphatic rings. The number of rotatable bonds is 4. The first kappa shape index (κ1) is 15.2. The Bertz CT molecular complexity index is 984. The molecular weight excluding hydrogens is 317 g/mol. The smallest absolute Gasteiger partial charge is 0.258 e. The Hall–Kier alpha value is -3.34. The van der Waals surface area contributed by atoms with Crippen LogP contribution in [0.3, 0.4) is 0 Å². The number of nitrogens with zero attached hydrogens (tertiary/aromatic N) is 3. The number of hydrogen-bond donors (Lipinski definition) is 0. The topological polar surface area (TPSA) is 51.8 Å². The van der Waals surface area contributed by atoms with Crippen LogP contribution >= 0.6 is 0 Å². The van der Waals surface area contributed by atoms with E-state index >= 15 is 0 Å². The minimum Gasteiger partial charge on any atom is -0.334 e. The summed E-state index contributed by atoms with van der Waals surface area (Å²) in [6, 6.07) is 18.8. The summed E-state index contributed by atoms with van der Waals surface area (Å²) >= 11 is 0. The summed E-state index contributed by atoms with van der Waals surface area (Å²) in [4.78, 5) is 8.37. The van der Waals surface area contributed by atoms with E-state index in [-0.39, 0.29) is 0 Å². The van der Waals surface area contributed by atoms with Crippen molar-refractivity contribution >= 4 is 0 Å². The lowest BCUT2D eigenvalue weighted by molar-refractivity contribution is 0.432. The normalized spacial score (nSPS) is 10.8. The van der Waals surface area contributed by atoms with Crippen LogP contribution in [0.25, 0.3) is 34.0 Å². The second-order valence-electron chi connectivity index (χ2n) is 5.53. The van der Waals surface area contributed by atoms with E-state index in [4.69, 9.17) is 4.52 Å². The number of aromatic nitrogens is 3. The summed E-state index contributed by atoms with van der Waals surface area (Å²) in [6.07, 6.45) is 3.34. The highest BCUT2D eigenvalue weighted by Gasteiger charge is 2.13. The fraction of sp³-hybridized carbons (Fsp3) is 0.0500. The number of alkyl halides is 1. The van der Waals surface area contributed by atoms with Crippen molar-refractivity contribution < 1.29 is 8.91 Å². The van der Waals surface area contributed by atoms with Gasteiger partial charge in [-0.3, -0.25) is 4.98 Å². The minimum absolute atomic E-state index is 0.362. The lowest BCUT2D eigenvalue weighted by Crippen LogP contribution is -1.89. The average molecular weight is 331 g/mol. The van der Waals surface area contributed by atoms with Crippen LogP contribution in [0.4, 0.5) is 4.39 Å². The Morgan fingerprint density at radius 2 is 1.64 bits per heavy atom. The third-order valence-corrected chi connectivity index (χ3v) is 3.95. The Balaban J connectivity index is 1.71. The predicted molar refractivity (Wildman–Crippen MR) is 93.2 cm³/mol. The highest BCUT2D eigenvalue weighted by atomic mass is 19.1. The second kappa shape index (κ2) is 6.65. The van der Waals surface area contributed by atoms with Gasteiger partial charge in [-0.15, -0.1) is 0 Å². The van der Waals surface area contributed by atoms with Crippen molar-refractivity contribution in [3.05, 3.63) is 78.6 Å². The lowest BCUT2D eigenvalue weighted by atomic mass is 9.98. The maximum Gasteiger partial charge on any atom is 0.258 e. The van der Waals surface area contributed by atoms with Gasteiger partial charge in [0.1, 0.15) is 6.67 Å². The molecule has 0 spiro atoms. The van der Waals surface area contributed by atoms with Gasteiger partial charge in [-0.25, -0.2) is 4.39 Å². The van der Waals surface area contributed by atoms with Crippen molar-refractivity contribution in [3.63, 3.8) is 0 Å². The van der Waals surface area contributed by atoms with Gasteiger partial charge in [-0.05, 0) is 41.0 Å². The molecule has 25 heavy (non-hydrogen) atoms. The van der Waals surface area contributed by atoms with Crippen molar-refractivity contribution in [2.24, 2.45) is 0 Å². The van der Waals surface area contributed by atoms with E-state index in [0.29, 0.717) is 22.8 Å². The summed E-state index contributed by atoms with van der Waals surface area (Å²) in [5, 5.41) is 3.99. The maximum absolute atomic E-state index is 13.6. The average Bonchev–Trinajstić information content (AvgIpc) is 3.19. The SMILES string of the molecule is FCc1cc(-c2nc(-c3ccncc3)no2)ccc1-c1ccccc1. The van der Waals surface area contributed by atoms with Crippen molar-refractivity contribution in [2.45, 2.75) is 6.67 Å². The van der Waals surface area contributed by atoms with Crippen LogP contribution in [0, 0.1) is 0 Å². The summed E-state index contributed by atoms with van der Waals surface area (Å²) in [6.45, 7) is -0.566. The van der Waals surface area contributed by atoms with Gasteiger partial charge in [0.05, 0.1) is 0 Å². The molecule has 4 rings (SSSR count). The fourth-order valence-electron chi connectivity index (χ4n) is 2.70. The molecule has 2 aromatic heterocycles. The first-order valence-electron chi connectivity index (χ1n) is 7.84. The molecular formula is C20H14FN3O.